The van der Waals surface area contributed by atoms with E-state index in [-0.39, 0.29) is 11.8 Å². The van der Waals surface area contributed by atoms with Crippen LogP contribution in [-0.4, -0.2) is 90.3 Å². The SMILES string of the molecule is Cc1ccccc1CC(=O)N1CCN(CC(=O)N2CCN(Cc3ccccc3C)CC2)CC1. The van der Waals surface area contributed by atoms with Crippen molar-refractivity contribution >= 4 is 11.8 Å². The number of piperazine rings is 2. The molecule has 0 bridgehead atoms. The molecule has 0 spiro atoms. The van der Waals surface area contributed by atoms with Gasteiger partial charge in [0.05, 0.1) is 13.0 Å². The molecule has 6 nitrogen and oxygen atoms in total. The topological polar surface area (TPSA) is 47.1 Å². The van der Waals surface area contributed by atoms with E-state index >= 15 is 0 Å². The zero-order valence-electron chi connectivity index (χ0n) is 20.0. The molecule has 2 heterocycles. The Labute approximate surface area is 197 Å². The number of hydrogen-bond donors (Lipinski definition) is 0. The van der Waals surface area contributed by atoms with Gasteiger partial charge < -0.3 is 9.80 Å². The maximum absolute atomic E-state index is 12.9. The first-order valence-corrected chi connectivity index (χ1v) is 12.1. The molecule has 2 aromatic carbocycles. The van der Waals surface area contributed by atoms with Crippen LogP contribution in [0.5, 0.6) is 0 Å². The van der Waals surface area contributed by atoms with Gasteiger partial charge in [-0.2, -0.15) is 0 Å². The van der Waals surface area contributed by atoms with Crippen LogP contribution < -0.4 is 0 Å². The molecule has 2 saturated heterocycles. The van der Waals surface area contributed by atoms with Gasteiger partial charge in [0.15, 0.2) is 0 Å². The summed E-state index contributed by atoms with van der Waals surface area (Å²) in [6.45, 7) is 12.0. The van der Waals surface area contributed by atoms with E-state index in [1.54, 1.807) is 0 Å². The zero-order valence-corrected chi connectivity index (χ0v) is 20.0. The molecule has 0 aromatic heterocycles. The summed E-state index contributed by atoms with van der Waals surface area (Å²) in [6.07, 6.45) is 0.457. The highest BCUT2D eigenvalue weighted by Gasteiger charge is 2.26. The number of benzene rings is 2. The third-order valence-electron chi connectivity index (χ3n) is 7.07. The van der Waals surface area contributed by atoms with E-state index < -0.39 is 0 Å². The van der Waals surface area contributed by atoms with E-state index in [1.165, 1.54) is 11.1 Å². The summed E-state index contributed by atoms with van der Waals surface area (Å²) in [5.41, 5.74) is 4.95. The number of hydrogen-bond acceptors (Lipinski definition) is 4. The van der Waals surface area contributed by atoms with E-state index in [4.69, 9.17) is 0 Å². The second-order valence-corrected chi connectivity index (χ2v) is 9.34. The minimum absolute atomic E-state index is 0.181. The molecule has 0 N–H and O–H groups in total. The molecule has 0 saturated carbocycles. The number of carbonyl (C=O) groups excluding carboxylic acids is 2. The third kappa shape index (κ3) is 6.21. The fourth-order valence-corrected chi connectivity index (χ4v) is 4.71. The molecule has 6 heteroatoms. The number of aryl methyl sites for hydroxylation is 2. The van der Waals surface area contributed by atoms with E-state index in [0.717, 1.165) is 56.9 Å². The minimum atomic E-state index is 0.181. The van der Waals surface area contributed by atoms with Gasteiger partial charge in [0.25, 0.3) is 0 Å². The average Bonchev–Trinajstić information content (AvgIpc) is 2.83. The number of nitrogens with zero attached hydrogens (tertiary/aromatic N) is 4. The van der Waals surface area contributed by atoms with Crippen LogP contribution >= 0.6 is 0 Å². The summed E-state index contributed by atoms with van der Waals surface area (Å²) in [5.74, 6) is 0.394. The van der Waals surface area contributed by atoms with Gasteiger partial charge >= 0.3 is 0 Å². The van der Waals surface area contributed by atoms with Gasteiger partial charge in [-0.1, -0.05) is 48.5 Å². The number of rotatable bonds is 6. The maximum atomic E-state index is 12.9. The molecular weight excluding hydrogens is 412 g/mol. The standard InChI is InChI=1S/C27H36N4O2/c1-22-7-3-5-9-24(22)19-26(32)30-15-13-29(14-16-30)21-27(33)31-17-11-28(12-18-31)20-25-10-6-4-8-23(25)2/h3-10H,11-21H2,1-2H3. The van der Waals surface area contributed by atoms with Crippen LogP contribution in [-0.2, 0) is 22.6 Å². The third-order valence-corrected chi connectivity index (χ3v) is 7.07. The highest BCUT2D eigenvalue weighted by molar-refractivity contribution is 5.80. The minimum Gasteiger partial charge on any atom is -0.340 e. The average molecular weight is 449 g/mol. The number of amides is 2. The molecule has 2 fully saturated rings. The lowest BCUT2D eigenvalue weighted by Gasteiger charge is -2.38. The van der Waals surface area contributed by atoms with Crippen molar-refractivity contribution in [2.75, 3.05) is 58.9 Å². The smallest absolute Gasteiger partial charge is 0.236 e. The Balaban J connectivity index is 1.18. The first kappa shape index (κ1) is 23.5. The predicted octanol–water partition coefficient (Wildman–Crippen LogP) is 2.33. The van der Waals surface area contributed by atoms with E-state index in [0.29, 0.717) is 26.1 Å². The lowest BCUT2D eigenvalue weighted by atomic mass is 10.1. The maximum Gasteiger partial charge on any atom is 0.236 e. The second-order valence-electron chi connectivity index (χ2n) is 9.34. The van der Waals surface area contributed by atoms with Crippen molar-refractivity contribution in [3.8, 4) is 0 Å². The molecule has 4 rings (SSSR count). The monoisotopic (exact) mass is 448 g/mol. The molecule has 0 unspecified atom stereocenters. The van der Waals surface area contributed by atoms with Gasteiger partial charge in [0.1, 0.15) is 0 Å². The summed E-state index contributed by atoms with van der Waals surface area (Å²) >= 11 is 0. The quantitative estimate of drug-likeness (QED) is 0.681. The molecular formula is C27H36N4O2. The van der Waals surface area contributed by atoms with E-state index in [9.17, 15) is 9.59 Å². The molecule has 176 valence electrons. The van der Waals surface area contributed by atoms with Crippen molar-refractivity contribution in [1.29, 1.82) is 0 Å². The molecule has 0 atom stereocenters. The Bertz CT molecular complexity index is 960. The fraction of sp³-hybridized carbons (Fsp3) is 0.481. The van der Waals surface area contributed by atoms with Crippen molar-refractivity contribution in [1.82, 2.24) is 19.6 Å². The summed E-state index contributed by atoms with van der Waals surface area (Å²) < 4.78 is 0. The van der Waals surface area contributed by atoms with Gasteiger partial charge in [-0.15, -0.1) is 0 Å². The van der Waals surface area contributed by atoms with Crippen LogP contribution in [0.15, 0.2) is 48.5 Å². The lowest BCUT2D eigenvalue weighted by Crippen LogP contribution is -2.54. The van der Waals surface area contributed by atoms with Gasteiger partial charge in [0.2, 0.25) is 11.8 Å². The summed E-state index contributed by atoms with van der Waals surface area (Å²) in [4.78, 5) is 34.1. The molecule has 0 aliphatic carbocycles. The summed E-state index contributed by atoms with van der Waals surface area (Å²) in [5, 5.41) is 0. The van der Waals surface area contributed by atoms with Gasteiger partial charge in [-0.25, -0.2) is 0 Å². The van der Waals surface area contributed by atoms with E-state index in [1.807, 2.05) is 28.0 Å². The second kappa shape index (κ2) is 10.9. The van der Waals surface area contributed by atoms with Crippen LogP contribution in [0.25, 0.3) is 0 Å². The van der Waals surface area contributed by atoms with Crippen molar-refractivity contribution in [2.24, 2.45) is 0 Å². The Hall–Kier alpha value is -2.70. The Kier molecular flexibility index (Phi) is 7.78. The fourth-order valence-electron chi connectivity index (χ4n) is 4.71. The van der Waals surface area contributed by atoms with Gasteiger partial charge in [0, 0.05) is 58.9 Å². The number of carbonyl (C=O) groups is 2. The van der Waals surface area contributed by atoms with E-state index in [2.05, 4.69) is 54.0 Å². The predicted molar refractivity (Wildman–Crippen MR) is 131 cm³/mol. The molecule has 2 aromatic rings. The van der Waals surface area contributed by atoms with Crippen LogP contribution in [0.3, 0.4) is 0 Å². The Morgan fingerprint density at radius 2 is 1.12 bits per heavy atom. The summed E-state index contributed by atoms with van der Waals surface area (Å²) in [6, 6.07) is 16.6. The highest BCUT2D eigenvalue weighted by atomic mass is 16.2. The normalized spacial score (nSPS) is 17.9. The van der Waals surface area contributed by atoms with Crippen molar-refractivity contribution in [3.05, 3.63) is 70.8 Å². The van der Waals surface area contributed by atoms with Crippen LogP contribution in [0.1, 0.15) is 22.3 Å². The Morgan fingerprint density at radius 1 is 0.636 bits per heavy atom. The van der Waals surface area contributed by atoms with Crippen LogP contribution in [0.4, 0.5) is 0 Å². The highest BCUT2D eigenvalue weighted by Crippen LogP contribution is 2.14. The molecule has 33 heavy (non-hydrogen) atoms. The Morgan fingerprint density at radius 3 is 1.70 bits per heavy atom. The zero-order chi connectivity index (χ0) is 23.2. The van der Waals surface area contributed by atoms with Crippen molar-refractivity contribution in [2.45, 2.75) is 26.8 Å². The van der Waals surface area contributed by atoms with Crippen molar-refractivity contribution in [3.63, 3.8) is 0 Å². The molecule has 0 radical (unpaired) electrons. The first-order valence-electron chi connectivity index (χ1n) is 12.1. The molecule has 2 aliphatic rings. The van der Waals surface area contributed by atoms with Crippen LogP contribution in [0, 0.1) is 13.8 Å². The van der Waals surface area contributed by atoms with Gasteiger partial charge in [-0.3, -0.25) is 19.4 Å². The molecule has 2 aliphatic heterocycles. The first-order chi connectivity index (χ1) is 16.0. The van der Waals surface area contributed by atoms with Crippen molar-refractivity contribution < 1.29 is 9.59 Å². The lowest BCUT2D eigenvalue weighted by molar-refractivity contribution is -0.136. The largest absolute Gasteiger partial charge is 0.340 e. The molecule has 2 amide bonds. The summed E-state index contributed by atoms with van der Waals surface area (Å²) in [7, 11) is 0. The van der Waals surface area contributed by atoms with Crippen LogP contribution in [0.2, 0.25) is 0 Å². The van der Waals surface area contributed by atoms with Gasteiger partial charge in [-0.05, 0) is 36.1 Å².